The Kier molecular flexibility index (Phi) is 8.58. The fourth-order valence-electron chi connectivity index (χ4n) is 3.06. The number of halogens is 4. The standard InChI is InChI=1S/C21H23F4NO4S/c22-17-12-10-15(11-13-17)19(8-3-1-2-4-9-20(27)28)26-31(29,30)18-7-5-6-16(14-18)21(23,24)25/h5-7,10-14,19,26H,1-4,8-9H2,(H,27,28). The van der Waals surface area contributed by atoms with Crippen LogP contribution in [0, 0.1) is 5.82 Å². The molecule has 2 rings (SSSR count). The Bertz CT molecular complexity index is 976. The van der Waals surface area contributed by atoms with E-state index in [1.807, 2.05) is 0 Å². The van der Waals surface area contributed by atoms with Crippen molar-refractivity contribution in [2.75, 3.05) is 0 Å². The summed E-state index contributed by atoms with van der Waals surface area (Å²) in [6.07, 6.45) is -1.99. The van der Waals surface area contributed by atoms with E-state index in [0.29, 0.717) is 43.7 Å². The maximum atomic E-state index is 13.3. The van der Waals surface area contributed by atoms with Gasteiger partial charge in [0.2, 0.25) is 10.0 Å². The predicted octanol–water partition coefficient (Wildman–Crippen LogP) is 5.29. The molecular formula is C21H23F4NO4S. The van der Waals surface area contributed by atoms with Gasteiger partial charge in [-0.3, -0.25) is 4.79 Å². The van der Waals surface area contributed by atoms with Gasteiger partial charge in [0, 0.05) is 12.5 Å². The van der Waals surface area contributed by atoms with Gasteiger partial charge >= 0.3 is 12.1 Å². The van der Waals surface area contributed by atoms with Crippen LogP contribution in [0.1, 0.15) is 55.7 Å². The molecule has 0 saturated heterocycles. The lowest BCUT2D eigenvalue weighted by atomic mass is 10.0. The molecule has 0 fully saturated rings. The van der Waals surface area contributed by atoms with E-state index in [0.717, 1.165) is 18.2 Å². The van der Waals surface area contributed by atoms with E-state index < -0.39 is 44.5 Å². The Morgan fingerprint density at radius 2 is 1.65 bits per heavy atom. The highest BCUT2D eigenvalue weighted by molar-refractivity contribution is 7.89. The Labute approximate surface area is 178 Å². The molecule has 0 heterocycles. The number of rotatable bonds is 11. The van der Waals surface area contributed by atoms with Gasteiger partial charge in [-0.2, -0.15) is 13.2 Å². The van der Waals surface area contributed by atoms with Crippen molar-refractivity contribution in [1.82, 2.24) is 4.72 Å². The molecule has 10 heteroatoms. The van der Waals surface area contributed by atoms with Crippen LogP contribution in [0.3, 0.4) is 0 Å². The van der Waals surface area contributed by atoms with Crippen LogP contribution in [0.25, 0.3) is 0 Å². The first-order chi connectivity index (χ1) is 14.5. The third-order valence-electron chi connectivity index (χ3n) is 4.67. The molecule has 0 amide bonds. The molecule has 0 aromatic heterocycles. The van der Waals surface area contributed by atoms with Crippen molar-refractivity contribution >= 4 is 16.0 Å². The number of unbranched alkanes of at least 4 members (excludes halogenated alkanes) is 3. The summed E-state index contributed by atoms with van der Waals surface area (Å²) in [5, 5.41) is 8.66. The first kappa shape index (κ1) is 24.8. The molecular weight excluding hydrogens is 438 g/mol. The number of benzene rings is 2. The third-order valence-corrected chi connectivity index (χ3v) is 6.14. The van der Waals surface area contributed by atoms with E-state index >= 15 is 0 Å². The SMILES string of the molecule is O=C(O)CCCCCCC(NS(=O)(=O)c1cccc(C(F)(F)F)c1)c1ccc(F)cc1. The van der Waals surface area contributed by atoms with Crippen molar-refractivity contribution in [2.45, 2.75) is 55.6 Å². The van der Waals surface area contributed by atoms with Crippen molar-refractivity contribution in [3.63, 3.8) is 0 Å². The van der Waals surface area contributed by atoms with E-state index in [1.54, 1.807) is 0 Å². The van der Waals surface area contributed by atoms with Crippen molar-refractivity contribution < 1.29 is 35.9 Å². The predicted molar refractivity (Wildman–Crippen MR) is 106 cm³/mol. The molecule has 0 aliphatic heterocycles. The minimum atomic E-state index is -4.68. The Morgan fingerprint density at radius 3 is 2.26 bits per heavy atom. The highest BCUT2D eigenvalue weighted by Crippen LogP contribution is 2.31. The maximum Gasteiger partial charge on any atom is 0.416 e. The number of nitrogens with one attached hydrogen (secondary N) is 1. The van der Waals surface area contributed by atoms with Crippen LogP contribution in [0.4, 0.5) is 17.6 Å². The number of carboxylic acids is 1. The van der Waals surface area contributed by atoms with Crippen LogP contribution in [-0.4, -0.2) is 19.5 Å². The summed E-state index contributed by atoms with van der Waals surface area (Å²) in [4.78, 5) is 10.0. The lowest BCUT2D eigenvalue weighted by Gasteiger charge is -2.20. The molecule has 2 N–H and O–H groups in total. The van der Waals surface area contributed by atoms with Gasteiger partial charge in [-0.1, -0.05) is 37.5 Å². The summed E-state index contributed by atoms with van der Waals surface area (Å²) in [5.74, 6) is -1.39. The molecule has 1 unspecified atom stereocenters. The Hall–Kier alpha value is -2.46. The number of alkyl halides is 3. The van der Waals surface area contributed by atoms with Crippen LogP contribution in [0.15, 0.2) is 53.4 Å². The molecule has 0 spiro atoms. The zero-order chi connectivity index (χ0) is 23.1. The van der Waals surface area contributed by atoms with E-state index in [4.69, 9.17) is 5.11 Å². The van der Waals surface area contributed by atoms with Crippen LogP contribution >= 0.6 is 0 Å². The minimum Gasteiger partial charge on any atom is -0.481 e. The molecule has 2 aromatic rings. The first-order valence-electron chi connectivity index (χ1n) is 9.66. The molecule has 170 valence electrons. The van der Waals surface area contributed by atoms with Crippen molar-refractivity contribution in [3.05, 3.63) is 65.5 Å². The van der Waals surface area contributed by atoms with Gasteiger partial charge in [0.1, 0.15) is 5.82 Å². The minimum absolute atomic E-state index is 0.0452. The van der Waals surface area contributed by atoms with E-state index in [9.17, 15) is 30.8 Å². The molecule has 1 atom stereocenters. The number of hydrogen-bond donors (Lipinski definition) is 2. The summed E-state index contributed by atoms with van der Waals surface area (Å²) in [6, 6.07) is 7.85. The summed E-state index contributed by atoms with van der Waals surface area (Å²) in [6.45, 7) is 0. The summed E-state index contributed by atoms with van der Waals surface area (Å²) in [5.41, 5.74) is -0.602. The lowest BCUT2D eigenvalue weighted by molar-refractivity contribution is -0.138. The average molecular weight is 461 g/mol. The second kappa shape index (κ2) is 10.7. The van der Waals surface area contributed by atoms with Gasteiger partial charge in [0.15, 0.2) is 0 Å². The number of sulfonamides is 1. The molecule has 0 aliphatic carbocycles. The highest BCUT2D eigenvalue weighted by atomic mass is 32.2. The molecule has 2 aromatic carbocycles. The van der Waals surface area contributed by atoms with E-state index in [-0.39, 0.29) is 6.42 Å². The quantitative estimate of drug-likeness (QED) is 0.352. The largest absolute Gasteiger partial charge is 0.481 e. The highest BCUT2D eigenvalue weighted by Gasteiger charge is 2.32. The maximum absolute atomic E-state index is 13.3. The molecule has 0 aliphatic rings. The van der Waals surface area contributed by atoms with Crippen LogP contribution in [0.5, 0.6) is 0 Å². The summed E-state index contributed by atoms with van der Waals surface area (Å²) >= 11 is 0. The van der Waals surface area contributed by atoms with Crippen LogP contribution < -0.4 is 4.72 Å². The smallest absolute Gasteiger partial charge is 0.416 e. The normalized spacial score (nSPS) is 13.2. The molecule has 0 radical (unpaired) electrons. The second-order valence-corrected chi connectivity index (χ2v) is 8.81. The van der Waals surface area contributed by atoms with Gasteiger partial charge in [0.05, 0.1) is 10.5 Å². The van der Waals surface area contributed by atoms with Gasteiger partial charge in [-0.15, -0.1) is 0 Å². The van der Waals surface area contributed by atoms with Crippen molar-refractivity contribution in [3.8, 4) is 0 Å². The van der Waals surface area contributed by atoms with Gasteiger partial charge in [-0.25, -0.2) is 17.5 Å². The molecule has 0 bridgehead atoms. The fourth-order valence-corrected chi connectivity index (χ4v) is 4.37. The van der Waals surface area contributed by atoms with E-state index in [2.05, 4.69) is 4.72 Å². The zero-order valence-corrected chi connectivity index (χ0v) is 17.3. The topological polar surface area (TPSA) is 83.5 Å². The lowest BCUT2D eigenvalue weighted by Crippen LogP contribution is -2.29. The first-order valence-corrected chi connectivity index (χ1v) is 11.1. The number of carboxylic acid groups (broad SMARTS) is 1. The Balaban J connectivity index is 2.16. The zero-order valence-electron chi connectivity index (χ0n) is 16.5. The third kappa shape index (κ3) is 7.95. The van der Waals surface area contributed by atoms with Crippen LogP contribution in [0.2, 0.25) is 0 Å². The van der Waals surface area contributed by atoms with Crippen molar-refractivity contribution in [2.24, 2.45) is 0 Å². The second-order valence-electron chi connectivity index (χ2n) is 7.10. The fraction of sp³-hybridized carbons (Fsp3) is 0.381. The number of hydrogen-bond acceptors (Lipinski definition) is 3. The summed E-state index contributed by atoms with van der Waals surface area (Å²) < 4.78 is 80.1. The van der Waals surface area contributed by atoms with Gasteiger partial charge < -0.3 is 5.11 Å². The van der Waals surface area contributed by atoms with E-state index in [1.165, 1.54) is 24.3 Å². The monoisotopic (exact) mass is 461 g/mol. The molecule has 31 heavy (non-hydrogen) atoms. The Morgan fingerprint density at radius 1 is 1.00 bits per heavy atom. The molecule has 0 saturated carbocycles. The summed E-state index contributed by atoms with van der Waals surface area (Å²) in [7, 11) is -4.28. The number of aliphatic carboxylic acids is 1. The average Bonchev–Trinajstić information content (AvgIpc) is 2.69. The molecule has 5 nitrogen and oxygen atoms in total. The van der Waals surface area contributed by atoms with Gasteiger partial charge in [0.25, 0.3) is 0 Å². The van der Waals surface area contributed by atoms with Crippen molar-refractivity contribution in [1.29, 1.82) is 0 Å². The van der Waals surface area contributed by atoms with Crippen LogP contribution in [-0.2, 0) is 21.0 Å². The number of carbonyl (C=O) groups is 1. The van der Waals surface area contributed by atoms with Gasteiger partial charge in [-0.05, 0) is 48.7 Å².